The first-order valence-electron chi connectivity index (χ1n) is 4.92. The quantitative estimate of drug-likeness (QED) is 0.701. The summed E-state index contributed by atoms with van der Waals surface area (Å²) in [7, 11) is 0. The number of rotatable bonds is 2. The molecule has 0 atom stereocenters. The minimum Gasteiger partial charge on any atom is -0.207 e. The van der Waals surface area contributed by atoms with Crippen molar-refractivity contribution in [2.75, 3.05) is 0 Å². The normalized spacial score (nSPS) is 17.5. The minimum atomic E-state index is -0.368. The molecular formula is C12H12FN. The Labute approximate surface area is 83.2 Å². The molecule has 1 nitrogen and oxygen atoms in total. The Bertz CT molecular complexity index is 399. The highest BCUT2D eigenvalue weighted by molar-refractivity contribution is 5.44. The lowest BCUT2D eigenvalue weighted by molar-refractivity contribution is 0.622. The largest absolute Gasteiger partial charge is 0.207 e. The van der Waals surface area contributed by atoms with Crippen LogP contribution in [0.5, 0.6) is 0 Å². The smallest absolute Gasteiger partial charge is 0.123 e. The summed E-state index contributed by atoms with van der Waals surface area (Å²) in [6.45, 7) is 2.03. The van der Waals surface area contributed by atoms with Crippen LogP contribution >= 0.6 is 0 Å². The molecule has 0 spiro atoms. The highest BCUT2D eigenvalue weighted by atomic mass is 19.1. The summed E-state index contributed by atoms with van der Waals surface area (Å²) in [6, 6.07) is 7.09. The van der Waals surface area contributed by atoms with Crippen LogP contribution in [0.4, 0.5) is 4.39 Å². The monoisotopic (exact) mass is 189 g/mol. The van der Waals surface area contributed by atoms with E-state index in [1.807, 2.05) is 6.92 Å². The second-order valence-corrected chi connectivity index (χ2v) is 3.85. The zero-order chi connectivity index (χ0) is 10.2. The van der Waals surface area contributed by atoms with Crippen LogP contribution in [0.15, 0.2) is 18.2 Å². The summed E-state index contributed by atoms with van der Waals surface area (Å²) in [5.41, 5.74) is 1.64. The maximum Gasteiger partial charge on any atom is 0.123 e. The van der Waals surface area contributed by atoms with Gasteiger partial charge in [-0.15, -0.1) is 0 Å². The van der Waals surface area contributed by atoms with Crippen LogP contribution in [0.3, 0.4) is 0 Å². The van der Waals surface area contributed by atoms with Gasteiger partial charge in [0.05, 0.1) is 11.5 Å². The predicted molar refractivity (Wildman–Crippen MR) is 52.3 cm³/mol. The molecule has 0 unspecified atom stereocenters. The molecule has 1 aliphatic carbocycles. The van der Waals surface area contributed by atoms with Crippen molar-refractivity contribution in [3.05, 3.63) is 35.1 Å². The molecule has 0 aliphatic heterocycles. The molecule has 72 valence electrons. The van der Waals surface area contributed by atoms with E-state index in [0.29, 0.717) is 0 Å². The van der Waals surface area contributed by atoms with Gasteiger partial charge < -0.3 is 0 Å². The van der Waals surface area contributed by atoms with Crippen molar-refractivity contribution in [3.8, 4) is 6.07 Å². The lowest BCUT2D eigenvalue weighted by Crippen LogP contribution is -2.07. The Kier molecular flexibility index (Phi) is 2.03. The molecule has 0 heterocycles. The highest BCUT2D eigenvalue weighted by Crippen LogP contribution is 2.48. The maximum absolute atomic E-state index is 13.1. The summed E-state index contributed by atoms with van der Waals surface area (Å²) in [5, 5.41) is 9.05. The van der Waals surface area contributed by atoms with Crippen LogP contribution in [-0.4, -0.2) is 0 Å². The van der Waals surface area contributed by atoms with E-state index in [2.05, 4.69) is 6.07 Å². The van der Waals surface area contributed by atoms with Gasteiger partial charge in [0, 0.05) is 0 Å². The van der Waals surface area contributed by atoms with Gasteiger partial charge in [0.1, 0.15) is 5.82 Å². The second-order valence-electron chi connectivity index (χ2n) is 3.85. The molecule has 0 N–H and O–H groups in total. The molecule has 1 fully saturated rings. The van der Waals surface area contributed by atoms with Crippen molar-refractivity contribution >= 4 is 0 Å². The van der Waals surface area contributed by atoms with Crippen molar-refractivity contribution in [1.82, 2.24) is 0 Å². The molecule has 1 aromatic carbocycles. The highest BCUT2D eigenvalue weighted by Gasteiger charge is 2.46. The van der Waals surface area contributed by atoms with E-state index in [1.165, 1.54) is 12.1 Å². The fourth-order valence-electron chi connectivity index (χ4n) is 1.87. The average molecular weight is 189 g/mol. The van der Waals surface area contributed by atoms with Gasteiger partial charge in [-0.3, -0.25) is 0 Å². The Morgan fingerprint density at radius 3 is 2.71 bits per heavy atom. The fourth-order valence-corrected chi connectivity index (χ4v) is 1.87. The number of nitriles is 1. The molecule has 1 aromatic rings. The first kappa shape index (κ1) is 9.21. The minimum absolute atomic E-state index is 0.237. The Hall–Kier alpha value is -1.36. The van der Waals surface area contributed by atoms with Crippen LogP contribution in [0.1, 0.15) is 30.9 Å². The topological polar surface area (TPSA) is 23.8 Å². The maximum atomic E-state index is 13.1. The van der Waals surface area contributed by atoms with Gasteiger partial charge in [0.15, 0.2) is 0 Å². The van der Waals surface area contributed by atoms with Crippen LogP contribution < -0.4 is 0 Å². The van der Waals surface area contributed by atoms with Crippen molar-refractivity contribution in [1.29, 1.82) is 5.26 Å². The van der Waals surface area contributed by atoms with Crippen molar-refractivity contribution in [2.24, 2.45) is 0 Å². The van der Waals surface area contributed by atoms with Crippen LogP contribution in [-0.2, 0) is 11.8 Å². The number of aryl methyl sites for hydroxylation is 1. The van der Waals surface area contributed by atoms with Gasteiger partial charge in [-0.25, -0.2) is 4.39 Å². The first-order valence-corrected chi connectivity index (χ1v) is 4.92. The molecule has 0 bridgehead atoms. The molecule has 0 amide bonds. The Morgan fingerprint density at radius 2 is 2.21 bits per heavy atom. The molecule has 0 aromatic heterocycles. The molecular weight excluding hydrogens is 177 g/mol. The van der Waals surface area contributed by atoms with Gasteiger partial charge in [-0.05, 0) is 42.5 Å². The van der Waals surface area contributed by atoms with E-state index in [1.54, 1.807) is 6.07 Å². The van der Waals surface area contributed by atoms with E-state index >= 15 is 0 Å². The SMILES string of the molecule is CCc1ccc(F)cc1C1(C#N)CC1. The summed E-state index contributed by atoms with van der Waals surface area (Å²) < 4.78 is 13.1. The number of hydrogen-bond donors (Lipinski definition) is 0. The van der Waals surface area contributed by atoms with Gasteiger partial charge in [0.25, 0.3) is 0 Å². The molecule has 0 radical (unpaired) electrons. The Morgan fingerprint density at radius 1 is 1.50 bits per heavy atom. The van der Waals surface area contributed by atoms with E-state index in [4.69, 9.17) is 5.26 Å². The molecule has 0 saturated heterocycles. The molecule has 1 saturated carbocycles. The standard InChI is InChI=1S/C12H12FN/c1-2-9-3-4-10(13)7-11(9)12(8-14)5-6-12/h3-4,7H,2,5-6H2,1H3. The summed E-state index contributed by atoms with van der Waals surface area (Å²) >= 11 is 0. The van der Waals surface area contributed by atoms with E-state index in [0.717, 1.165) is 30.4 Å². The molecule has 14 heavy (non-hydrogen) atoms. The summed E-state index contributed by atoms with van der Waals surface area (Å²) in [4.78, 5) is 0. The number of halogens is 1. The average Bonchev–Trinajstić information content (AvgIpc) is 2.98. The zero-order valence-corrected chi connectivity index (χ0v) is 8.18. The fraction of sp³-hybridized carbons (Fsp3) is 0.417. The number of hydrogen-bond acceptors (Lipinski definition) is 1. The molecule has 2 heteroatoms. The van der Waals surface area contributed by atoms with Gasteiger partial charge in [-0.1, -0.05) is 13.0 Å². The van der Waals surface area contributed by atoms with Crippen LogP contribution in [0, 0.1) is 17.1 Å². The second kappa shape index (κ2) is 3.09. The number of nitrogens with zero attached hydrogens (tertiary/aromatic N) is 1. The lowest BCUT2D eigenvalue weighted by atomic mass is 9.91. The van der Waals surface area contributed by atoms with E-state index in [-0.39, 0.29) is 11.2 Å². The third-order valence-corrected chi connectivity index (χ3v) is 2.93. The van der Waals surface area contributed by atoms with Crippen LogP contribution in [0.25, 0.3) is 0 Å². The lowest BCUT2D eigenvalue weighted by Gasteiger charge is -2.11. The van der Waals surface area contributed by atoms with Crippen molar-refractivity contribution in [3.63, 3.8) is 0 Å². The van der Waals surface area contributed by atoms with Crippen molar-refractivity contribution < 1.29 is 4.39 Å². The predicted octanol–water partition coefficient (Wildman–Crippen LogP) is 2.94. The van der Waals surface area contributed by atoms with Crippen molar-refractivity contribution in [2.45, 2.75) is 31.6 Å². The number of benzene rings is 1. The third kappa shape index (κ3) is 1.29. The van der Waals surface area contributed by atoms with Crippen LogP contribution in [0.2, 0.25) is 0 Å². The van der Waals surface area contributed by atoms with E-state index < -0.39 is 0 Å². The molecule has 1 aliphatic rings. The Balaban J connectivity index is 2.51. The van der Waals surface area contributed by atoms with Gasteiger partial charge >= 0.3 is 0 Å². The summed E-state index contributed by atoms with van der Waals surface area (Å²) in [6.07, 6.45) is 2.61. The van der Waals surface area contributed by atoms with Gasteiger partial charge in [-0.2, -0.15) is 5.26 Å². The van der Waals surface area contributed by atoms with E-state index in [9.17, 15) is 4.39 Å². The van der Waals surface area contributed by atoms with Gasteiger partial charge in [0.2, 0.25) is 0 Å². The third-order valence-electron chi connectivity index (χ3n) is 2.93. The molecule has 2 rings (SSSR count). The first-order chi connectivity index (χ1) is 6.72. The summed E-state index contributed by atoms with van der Waals surface area (Å²) in [5.74, 6) is -0.237. The zero-order valence-electron chi connectivity index (χ0n) is 8.18.